The van der Waals surface area contributed by atoms with Gasteiger partial charge in [-0.3, -0.25) is 9.78 Å². The predicted molar refractivity (Wildman–Crippen MR) is 82.3 cm³/mol. The predicted octanol–water partition coefficient (Wildman–Crippen LogP) is 2.54. The highest BCUT2D eigenvalue weighted by Crippen LogP contribution is 2.17. The first-order chi connectivity index (χ1) is 10.1. The van der Waals surface area contributed by atoms with Crippen LogP contribution in [0.1, 0.15) is 29.8 Å². The summed E-state index contributed by atoms with van der Waals surface area (Å²) in [6.45, 7) is 4.90. The third-order valence-electron chi connectivity index (χ3n) is 2.94. The number of pyridine rings is 1. The van der Waals surface area contributed by atoms with Gasteiger partial charge in [-0.15, -0.1) is 0 Å². The van der Waals surface area contributed by atoms with E-state index in [1.54, 1.807) is 0 Å². The van der Waals surface area contributed by atoms with Crippen molar-refractivity contribution in [2.75, 3.05) is 5.32 Å². The summed E-state index contributed by atoms with van der Waals surface area (Å²) in [6, 6.07) is 9.49. The van der Waals surface area contributed by atoms with Gasteiger partial charge in [0.05, 0.1) is 11.8 Å². The average Bonchev–Trinajstić information content (AvgIpc) is 2.46. The maximum absolute atomic E-state index is 12.1. The Balaban J connectivity index is 2.07. The number of rotatable bonds is 5. The topological polar surface area (TPSA) is 74.2 Å². The average molecular weight is 285 g/mol. The van der Waals surface area contributed by atoms with Crippen molar-refractivity contribution in [3.63, 3.8) is 0 Å². The molecule has 0 bridgehead atoms. The Bertz CT molecular complexity index is 626. The highest BCUT2D eigenvalue weighted by Gasteiger charge is 2.11. The standard InChI is InChI=1S/C16H19N3O2/c1-11(2)18-9-12-4-3-5-13(8-12)19-16(21)14-6-7-17-10-15(14)20/h3-8,10-11,18,20H,9H2,1-2H3,(H,19,21). The number of aromatic hydroxyl groups is 1. The second kappa shape index (κ2) is 6.85. The van der Waals surface area contributed by atoms with Crippen LogP contribution in [0.15, 0.2) is 42.7 Å². The van der Waals surface area contributed by atoms with Crippen LogP contribution in [0.2, 0.25) is 0 Å². The van der Waals surface area contributed by atoms with Crippen LogP contribution in [0.3, 0.4) is 0 Å². The molecular weight excluding hydrogens is 266 g/mol. The van der Waals surface area contributed by atoms with Gasteiger partial charge in [0.15, 0.2) is 0 Å². The third-order valence-corrected chi connectivity index (χ3v) is 2.94. The molecule has 1 aromatic carbocycles. The third kappa shape index (κ3) is 4.29. The van der Waals surface area contributed by atoms with E-state index in [4.69, 9.17) is 0 Å². The van der Waals surface area contributed by atoms with Gasteiger partial charge in [-0.05, 0) is 23.8 Å². The van der Waals surface area contributed by atoms with Crippen molar-refractivity contribution in [2.45, 2.75) is 26.4 Å². The van der Waals surface area contributed by atoms with Crippen LogP contribution in [0.4, 0.5) is 5.69 Å². The van der Waals surface area contributed by atoms with E-state index in [0.29, 0.717) is 11.7 Å². The largest absolute Gasteiger partial charge is 0.505 e. The zero-order valence-electron chi connectivity index (χ0n) is 12.1. The van der Waals surface area contributed by atoms with Crippen molar-refractivity contribution in [2.24, 2.45) is 0 Å². The number of nitrogens with one attached hydrogen (secondary N) is 2. The van der Waals surface area contributed by atoms with Gasteiger partial charge in [-0.1, -0.05) is 26.0 Å². The molecule has 1 aromatic heterocycles. The lowest BCUT2D eigenvalue weighted by atomic mass is 10.1. The smallest absolute Gasteiger partial charge is 0.259 e. The minimum atomic E-state index is -0.358. The number of nitrogens with zero attached hydrogens (tertiary/aromatic N) is 1. The lowest BCUT2D eigenvalue weighted by molar-refractivity contribution is 0.102. The van der Waals surface area contributed by atoms with Crippen molar-refractivity contribution in [1.82, 2.24) is 10.3 Å². The molecule has 1 amide bonds. The van der Waals surface area contributed by atoms with E-state index in [2.05, 4.69) is 29.5 Å². The van der Waals surface area contributed by atoms with Crippen LogP contribution in [0, 0.1) is 0 Å². The van der Waals surface area contributed by atoms with Crippen molar-refractivity contribution in [3.05, 3.63) is 53.9 Å². The molecule has 0 aliphatic rings. The maximum Gasteiger partial charge on any atom is 0.259 e. The van der Waals surface area contributed by atoms with E-state index >= 15 is 0 Å². The summed E-state index contributed by atoms with van der Waals surface area (Å²) < 4.78 is 0. The van der Waals surface area contributed by atoms with Gasteiger partial charge in [0, 0.05) is 24.5 Å². The fourth-order valence-corrected chi connectivity index (χ4v) is 1.86. The van der Waals surface area contributed by atoms with E-state index in [1.165, 1.54) is 18.5 Å². The first-order valence-electron chi connectivity index (χ1n) is 6.83. The number of anilines is 1. The summed E-state index contributed by atoms with van der Waals surface area (Å²) in [5.41, 5.74) is 1.98. The molecule has 0 saturated heterocycles. The maximum atomic E-state index is 12.1. The van der Waals surface area contributed by atoms with E-state index in [0.717, 1.165) is 12.1 Å². The number of hydrogen-bond acceptors (Lipinski definition) is 4. The Morgan fingerprint density at radius 1 is 1.33 bits per heavy atom. The number of benzene rings is 1. The molecule has 2 rings (SSSR count). The van der Waals surface area contributed by atoms with Crippen molar-refractivity contribution in [3.8, 4) is 5.75 Å². The van der Waals surface area contributed by atoms with Gasteiger partial charge < -0.3 is 15.7 Å². The minimum absolute atomic E-state index is 0.132. The normalized spacial score (nSPS) is 10.6. The lowest BCUT2D eigenvalue weighted by Crippen LogP contribution is -2.21. The van der Waals surface area contributed by atoms with E-state index < -0.39 is 0 Å². The zero-order chi connectivity index (χ0) is 15.2. The summed E-state index contributed by atoms with van der Waals surface area (Å²) in [5, 5.41) is 15.7. The highest BCUT2D eigenvalue weighted by molar-refractivity contribution is 6.05. The van der Waals surface area contributed by atoms with Crippen LogP contribution in [0.5, 0.6) is 5.75 Å². The van der Waals surface area contributed by atoms with Gasteiger partial charge in [-0.25, -0.2) is 0 Å². The summed E-state index contributed by atoms with van der Waals surface area (Å²) in [6.07, 6.45) is 2.72. The van der Waals surface area contributed by atoms with Crippen LogP contribution in [-0.2, 0) is 6.54 Å². The van der Waals surface area contributed by atoms with E-state index in [-0.39, 0.29) is 17.2 Å². The molecule has 0 radical (unpaired) electrons. The van der Waals surface area contributed by atoms with Crippen LogP contribution >= 0.6 is 0 Å². The Kier molecular flexibility index (Phi) is 4.90. The molecule has 5 nitrogen and oxygen atoms in total. The van der Waals surface area contributed by atoms with Crippen LogP contribution < -0.4 is 10.6 Å². The van der Waals surface area contributed by atoms with Gasteiger partial charge in [0.1, 0.15) is 5.75 Å². The van der Waals surface area contributed by atoms with Gasteiger partial charge in [0.25, 0.3) is 5.91 Å². The molecule has 0 aliphatic carbocycles. The van der Waals surface area contributed by atoms with E-state index in [1.807, 2.05) is 24.3 Å². The first kappa shape index (κ1) is 15.0. The highest BCUT2D eigenvalue weighted by atomic mass is 16.3. The van der Waals surface area contributed by atoms with Crippen molar-refractivity contribution >= 4 is 11.6 Å². The summed E-state index contributed by atoms with van der Waals surface area (Å²) >= 11 is 0. The number of aromatic nitrogens is 1. The Morgan fingerprint density at radius 3 is 2.86 bits per heavy atom. The number of hydrogen-bond donors (Lipinski definition) is 3. The van der Waals surface area contributed by atoms with Crippen molar-refractivity contribution in [1.29, 1.82) is 0 Å². The Morgan fingerprint density at radius 2 is 2.14 bits per heavy atom. The number of carbonyl (C=O) groups is 1. The molecule has 0 atom stereocenters. The molecule has 21 heavy (non-hydrogen) atoms. The quantitative estimate of drug-likeness (QED) is 0.789. The Hall–Kier alpha value is -2.40. The molecule has 5 heteroatoms. The van der Waals surface area contributed by atoms with E-state index in [9.17, 15) is 9.90 Å². The molecule has 0 fully saturated rings. The SMILES string of the molecule is CC(C)NCc1cccc(NC(=O)c2ccncc2O)c1. The number of carbonyl (C=O) groups excluding carboxylic acids is 1. The molecule has 110 valence electrons. The number of amides is 1. The van der Waals surface area contributed by atoms with Crippen molar-refractivity contribution < 1.29 is 9.90 Å². The molecule has 0 unspecified atom stereocenters. The summed E-state index contributed by atoms with van der Waals surface area (Å²) in [4.78, 5) is 15.8. The molecular formula is C16H19N3O2. The first-order valence-corrected chi connectivity index (χ1v) is 6.83. The summed E-state index contributed by atoms with van der Waals surface area (Å²) in [7, 11) is 0. The van der Waals surface area contributed by atoms with Crippen LogP contribution in [-0.4, -0.2) is 22.0 Å². The molecule has 0 spiro atoms. The molecule has 2 aromatic rings. The van der Waals surface area contributed by atoms with Gasteiger partial charge in [0.2, 0.25) is 0 Å². The van der Waals surface area contributed by atoms with Crippen LogP contribution in [0.25, 0.3) is 0 Å². The minimum Gasteiger partial charge on any atom is -0.505 e. The molecule has 0 saturated carbocycles. The fraction of sp³-hybridized carbons (Fsp3) is 0.250. The Labute approximate surface area is 124 Å². The zero-order valence-corrected chi connectivity index (χ0v) is 12.1. The molecule has 3 N–H and O–H groups in total. The second-order valence-electron chi connectivity index (χ2n) is 5.08. The lowest BCUT2D eigenvalue weighted by Gasteiger charge is -2.10. The monoisotopic (exact) mass is 285 g/mol. The molecule has 1 heterocycles. The second-order valence-corrected chi connectivity index (χ2v) is 5.08. The summed E-state index contributed by atoms with van der Waals surface area (Å²) in [5.74, 6) is -0.489. The fourth-order valence-electron chi connectivity index (χ4n) is 1.86. The molecule has 0 aliphatic heterocycles. The van der Waals surface area contributed by atoms with Gasteiger partial charge >= 0.3 is 0 Å². The van der Waals surface area contributed by atoms with Gasteiger partial charge in [-0.2, -0.15) is 0 Å².